The molecule has 1 rings (SSSR count). The molecule has 2 N–H and O–H groups in total. The molecule has 4 atom stereocenters. The lowest BCUT2D eigenvalue weighted by atomic mass is 9.95. The van der Waals surface area contributed by atoms with Crippen LogP contribution in [0.15, 0.2) is 30.3 Å². The molecular formula is C17H29NO2P+. The van der Waals surface area contributed by atoms with Gasteiger partial charge in [0.15, 0.2) is 0 Å². The summed E-state index contributed by atoms with van der Waals surface area (Å²) in [5.41, 5.74) is 1.15. The van der Waals surface area contributed by atoms with Crippen LogP contribution in [0.4, 0.5) is 0 Å². The SMILES string of the molecule is CCCCC(CC)C[C@@H](N[C@H](C)c1ccccc1)[P+](=O)O. The third-order valence-corrected chi connectivity index (χ3v) is 5.00. The fraction of sp³-hybridized carbons (Fsp3) is 0.647. The summed E-state index contributed by atoms with van der Waals surface area (Å²) in [6, 6.07) is 10.2. The summed E-state index contributed by atoms with van der Waals surface area (Å²) in [6.07, 6.45) is 5.37. The number of hydrogen-bond acceptors (Lipinski definition) is 2. The van der Waals surface area contributed by atoms with Crippen molar-refractivity contribution in [3.63, 3.8) is 0 Å². The van der Waals surface area contributed by atoms with E-state index in [0.717, 1.165) is 24.8 Å². The van der Waals surface area contributed by atoms with Crippen molar-refractivity contribution >= 4 is 8.03 Å². The van der Waals surface area contributed by atoms with Crippen molar-refractivity contribution < 1.29 is 9.46 Å². The van der Waals surface area contributed by atoms with Crippen molar-refractivity contribution in [3.05, 3.63) is 35.9 Å². The minimum absolute atomic E-state index is 0.0889. The van der Waals surface area contributed by atoms with Crippen molar-refractivity contribution in [3.8, 4) is 0 Å². The minimum atomic E-state index is -2.20. The van der Waals surface area contributed by atoms with Gasteiger partial charge in [-0.2, -0.15) is 4.89 Å². The number of rotatable bonds is 10. The van der Waals surface area contributed by atoms with Crippen molar-refractivity contribution in [2.75, 3.05) is 0 Å². The molecular weight excluding hydrogens is 281 g/mol. The molecule has 0 fully saturated rings. The van der Waals surface area contributed by atoms with Gasteiger partial charge in [-0.15, -0.1) is 0 Å². The number of hydrogen-bond donors (Lipinski definition) is 2. The average molecular weight is 310 g/mol. The Bertz CT molecular complexity index is 411. The quantitative estimate of drug-likeness (QED) is 0.598. The summed E-state index contributed by atoms with van der Waals surface area (Å²) < 4.78 is 11.7. The van der Waals surface area contributed by atoms with Gasteiger partial charge in [0.25, 0.3) is 0 Å². The van der Waals surface area contributed by atoms with Crippen molar-refractivity contribution in [2.45, 2.75) is 64.7 Å². The highest BCUT2D eigenvalue weighted by Gasteiger charge is 2.32. The third kappa shape index (κ3) is 6.69. The molecule has 0 saturated heterocycles. The van der Waals surface area contributed by atoms with Crippen molar-refractivity contribution in [2.24, 2.45) is 5.92 Å². The van der Waals surface area contributed by atoms with Gasteiger partial charge in [0.2, 0.25) is 5.78 Å². The van der Waals surface area contributed by atoms with Crippen LogP contribution in [0.5, 0.6) is 0 Å². The molecule has 2 unspecified atom stereocenters. The van der Waals surface area contributed by atoms with Gasteiger partial charge in [0, 0.05) is 12.5 Å². The molecule has 0 aliphatic rings. The van der Waals surface area contributed by atoms with E-state index in [1.807, 2.05) is 37.3 Å². The molecule has 21 heavy (non-hydrogen) atoms. The second-order valence-corrected chi connectivity index (χ2v) is 7.00. The van der Waals surface area contributed by atoms with Crippen LogP contribution in [-0.2, 0) is 4.57 Å². The first-order chi connectivity index (χ1) is 10.1. The standard InChI is InChI=1S/C17H28NO2P/c1-4-6-10-15(5-2)13-17(21(19)20)18-14(3)16-11-8-7-9-12-16/h7-9,11-12,14-15,17-18H,4-6,10,13H2,1-3H3/p+1/t14-,15?,17+/m1/s1. The Labute approximate surface area is 130 Å². The largest absolute Gasteiger partial charge is 0.524 e. The van der Waals surface area contributed by atoms with Crippen LogP contribution in [0.25, 0.3) is 0 Å². The Balaban J connectivity index is 2.62. The Kier molecular flexibility index (Phi) is 8.75. The number of benzene rings is 1. The number of nitrogens with one attached hydrogen (secondary N) is 1. The molecule has 3 nitrogen and oxygen atoms in total. The maximum Gasteiger partial charge on any atom is 0.524 e. The Hall–Kier alpha value is -0.760. The zero-order valence-corrected chi connectivity index (χ0v) is 14.4. The Morgan fingerprint density at radius 2 is 1.90 bits per heavy atom. The monoisotopic (exact) mass is 310 g/mol. The predicted molar refractivity (Wildman–Crippen MR) is 89.5 cm³/mol. The minimum Gasteiger partial charge on any atom is -0.264 e. The lowest BCUT2D eigenvalue weighted by molar-refractivity contribution is 0.361. The van der Waals surface area contributed by atoms with Gasteiger partial charge < -0.3 is 0 Å². The van der Waals surface area contributed by atoms with Gasteiger partial charge in [-0.25, -0.2) is 0 Å². The summed E-state index contributed by atoms with van der Waals surface area (Å²) in [6.45, 7) is 6.41. The third-order valence-electron chi connectivity index (χ3n) is 4.11. The summed E-state index contributed by atoms with van der Waals surface area (Å²) >= 11 is 0. The van der Waals surface area contributed by atoms with Gasteiger partial charge in [-0.3, -0.25) is 5.32 Å². The fourth-order valence-electron chi connectivity index (χ4n) is 2.65. The van der Waals surface area contributed by atoms with Gasteiger partial charge >= 0.3 is 8.03 Å². The maximum atomic E-state index is 11.7. The lowest BCUT2D eigenvalue weighted by Crippen LogP contribution is -2.30. The van der Waals surface area contributed by atoms with Crippen LogP contribution in [0.2, 0.25) is 0 Å². The van der Waals surface area contributed by atoms with E-state index in [1.54, 1.807) is 0 Å². The molecule has 0 heterocycles. The summed E-state index contributed by atoms with van der Waals surface area (Å²) in [4.78, 5) is 9.62. The molecule has 0 amide bonds. The highest BCUT2D eigenvalue weighted by Crippen LogP contribution is 2.31. The van der Waals surface area contributed by atoms with Crippen LogP contribution in [0, 0.1) is 5.92 Å². The predicted octanol–water partition coefficient (Wildman–Crippen LogP) is 5.00. The van der Waals surface area contributed by atoms with E-state index in [2.05, 4.69) is 19.2 Å². The first-order valence-corrected chi connectivity index (χ1v) is 9.32. The smallest absolute Gasteiger partial charge is 0.264 e. The topological polar surface area (TPSA) is 49.3 Å². The molecule has 4 heteroatoms. The van der Waals surface area contributed by atoms with E-state index >= 15 is 0 Å². The van der Waals surface area contributed by atoms with E-state index in [0.29, 0.717) is 5.92 Å². The van der Waals surface area contributed by atoms with Crippen molar-refractivity contribution in [1.82, 2.24) is 5.32 Å². The van der Waals surface area contributed by atoms with E-state index in [1.165, 1.54) is 12.8 Å². The van der Waals surface area contributed by atoms with Gasteiger partial charge in [-0.1, -0.05) is 69.9 Å². The van der Waals surface area contributed by atoms with E-state index in [-0.39, 0.29) is 11.8 Å². The molecule has 1 aromatic carbocycles. The zero-order valence-electron chi connectivity index (χ0n) is 13.5. The lowest BCUT2D eigenvalue weighted by Gasteiger charge is -2.20. The molecule has 0 spiro atoms. The molecule has 0 aliphatic heterocycles. The van der Waals surface area contributed by atoms with Crippen molar-refractivity contribution in [1.29, 1.82) is 0 Å². The molecule has 118 valence electrons. The first kappa shape index (κ1) is 18.3. The van der Waals surface area contributed by atoms with Crippen LogP contribution >= 0.6 is 8.03 Å². The van der Waals surface area contributed by atoms with Gasteiger partial charge in [-0.05, 0) is 23.0 Å². The maximum absolute atomic E-state index is 11.7. The normalized spacial score (nSPS) is 16.3. The average Bonchev–Trinajstić information content (AvgIpc) is 2.50. The fourth-order valence-corrected chi connectivity index (χ4v) is 3.48. The molecule has 0 bridgehead atoms. The van der Waals surface area contributed by atoms with Crippen LogP contribution in [0.1, 0.15) is 64.5 Å². The van der Waals surface area contributed by atoms with E-state index in [9.17, 15) is 9.46 Å². The molecule has 0 aliphatic carbocycles. The summed E-state index contributed by atoms with van der Waals surface area (Å²) in [5, 5.41) is 3.34. The molecule has 0 aromatic heterocycles. The van der Waals surface area contributed by atoms with Crippen LogP contribution < -0.4 is 5.32 Å². The van der Waals surface area contributed by atoms with Crippen LogP contribution in [0.3, 0.4) is 0 Å². The zero-order chi connectivity index (χ0) is 15.7. The highest BCUT2D eigenvalue weighted by molar-refractivity contribution is 7.38. The summed E-state index contributed by atoms with van der Waals surface area (Å²) in [5.74, 6) is 0.202. The number of unbranched alkanes of at least 4 members (excludes halogenated alkanes) is 1. The summed E-state index contributed by atoms with van der Waals surface area (Å²) in [7, 11) is -2.20. The van der Waals surface area contributed by atoms with Crippen LogP contribution in [-0.4, -0.2) is 10.7 Å². The highest BCUT2D eigenvalue weighted by atomic mass is 31.1. The first-order valence-electron chi connectivity index (χ1n) is 8.04. The molecule has 0 saturated carbocycles. The second kappa shape index (κ2) is 10.0. The second-order valence-electron chi connectivity index (χ2n) is 5.77. The van der Waals surface area contributed by atoms with E-state index < -0.39 is 8.03 Å². The van der Waals surface area contributed by atoms with E-state index in [4.69, 9.17) is 0 Å². The van der Waals surface area contributed by atoms with Gasteiger partial charge in [0.05, 0.1) is 0 Å². The molecule has 0 radical (unpaired) electrons. The Morgan fingerprint density at radius 1 is 1.24 bits per heavy atom. The van der Waals surface area contributed by atoms with Gasteiger partial charge in [0.1, 0.15) is 0 Å². The Morgan fingerprint density at radius 3 is 2.43 bits per heavy atom. The molecule has 1 aromatic rings.